The van der Waals surface area contributed by atoms with Crippen LogP contribution in [0, 0.1) is 0 Å². The fraction of sp³-hybridized carbons (Fsp3) is 0.462. The van der Waals surface area contributed by atoms with Crippen molar-refractivity contribution in [1.82, 2.24) is 5.32 Å². The lowest BCUT2D eigenvalue weighted by Crippen LogP contribution is -2.52. The number of nitrogens with one attached hydrogen (secondary N) is 1. The number of carboxylic acid groups (broad SMARTS) is 1. The highest BCUT2D eigenvalue weighted by atomic mass is 32.1. The molecule has 0 radical (unpaired) electrons. The number of oxime groups is 1. The Balaban J connectivity index is 2.02. The quantitative estimate of drug-likeness (QED) is 0.356. The number of carbonyl (C=O) groups is 2. The van der Waals surface area contributed by atoms with Crippen LogP contribution in [0.2, 0.25) is 0 Å². The van der Waals surface area contributed by atoms with Gasteiger partial charge in [-0.05, 0) is 11.4 Å². The van der Waals surface area contributed by atoms with Gasteiger partial charge in [-0.15, -0.1) is 11.3 Å². The van der Waals surface area contributed by atoms with Crippen LogP contribution in [0.1, 0.15) is 11.3 Å². The monoisotopic (exact) mass is 356 g/mol. The number of carboxylic acids is 1. The van der Waals surface area contributed by atoms with Crippen molar-refractivity contribution in [2.75, 3.05) is 20.3 Å². The lowest BCUT2D eigenvalue weighted by atomic mass is 9.79. The smallest absolute Gasteiger partial charge is 0.480 e. The molecule has 11 heteroatoms. The summed E-state index contributed by atoms with van der Waals surface area (Å²) in [5, 5.41) is 26.9. The molecule has 0 bridgehead atoms. The van der Waals surface area contributed by atoms with Crippen LogP contribution >= 0.6 is 11.3 Å². The van der Waals surface area contributed by atoms with Crippen molar-refractivity contribution < 1.29 is 33.9 Å². The SMILES string of the molecule is CON=C(C(=O)N[C@H]1COC[C@H](CC(=O)O)OB1O)c1cccs1. The van der Waals surface area contributed by atoms with Gasteiger partial charge in [0, 0.05) is 0 Å². The van der Waals surface area contributed by atoms with Crippen LogP contribution in [0.4, 0.5) is 0 Å². The number of thiophene rings is 1. The van der Waals surface area contributed by atoms with E-state index >= 15 is 0 Å². The van der Waals surface area contributed by atoms with Gasteiger partial charge in [0.15, 0.2) is 5.71 Å². The Bertz CT molecular complexity index is 595. The first-order valence-corrected chi connectivity index (χ1v) is 7.98. The number of nitrogens with zero attached hydrogens (tertiary/aromatic N) is 1. The van der Waals surface area contributed by atoms with Crippen LogP contribution in [-0.2, 0) is 23.8 Å². The molecule has 1 amide bonds. The Morgan fingerprint density at radius 3 is 2.96 bits per heavy atom. The average Bonchev–Trinajstić information content (AvgIpc) is 2.98. The third-order valence-corrected chi connectivity index (χ3v) is 4.02. The second-order valence-electron chi connectivity index (χ2n) is 4.96. The zero-order valence-corrected chi connectivity index (χ0v) is 13.7. The molecule has 2 rings (SSSR count). The third kappa shape index (κ3) is 5.03. The Kier molecular flexibility index (Phi) is 6.73. The molecule has 2 atom stereocenters. The summed E-state index contributed by atoms with van der Waals surface area (Å²) in [5.74, 6) is -2.49. The molecule has 1 aromatic heterocycles. The summed E-state index contributed by atoms with van der Waals surface area (Å²) >= 11 is 1.31. The van der Waals surface area contributed by atoms with Crippen LogP contribution in [-0.4, -0.2) is 67.2 Å². The standard InChI is InChI=1S/C13H17BN2O7S/c1-21-16-12(9-3-2-4-24-9)13(19)15-10-7-22-6-8(5-11(17)18)23-14(10)20/h2-4,8,10,20H,5-7H2,1H3,(H,15,19)(H,17,18)/t8-,10-/m0/s1. The molecule has 1 aliphatic rings. The molecule has 24 heavy (non-hydrogen) atoms. The maximum Gasteiger partial charge on any atom is 0.480 e. The highest BCUT2D eigenvalue weighted by Crippen LogP contribution is 2.12. The maximum absolute atomic E-state index is 12.4. The average molecular weight is 356 g/mol. The molecule has 1 aromatic rings. The summed E-state index contributed by atoms with van der Waals surface area (Å²) < 4.78 is 10.5. The van der Waals surface area contributed by atoms with Gasteiger partial charge in [-0.3, -0.25) is 9.59 Å². The first kappa shape index (κ1) is 18.4. The van der Waals surface area contributed by atoms with Crippen molar-refractivity contribution in [2.45, 2.75) is 18.5 Å². The molecule has 0 spiro atoms. The molecule has 0 aromatic carbocycles. The predicted octanol–water partition coefficient (Wildman–Crippen LogP) is -0.507. The normalized spacial score (nSPS) is 21.9. The highest BCUT2D eigenvalue weighted by molar-refractivity contribution is 7.13. The maximum atomic E-state index is 12.4. The van der Waals surface area contributed by atoms with Crippen LogP contribution in [0.3, 0.4) is 0 Å². The fourth-order valence-electron chi connectivity index (χ4n) is 2.09. The first-order chi connectivity index (χ1) is 11.5. The van der Waals surface area contributed by atoms with E-state index in [9.17, 15) is 14.6 Å². The van der Waals surface area contributed by atoms with E-state index in [0.717, 1.165) is 0 Å². The van der Waals surface area contributed by atoms with E-state index in [1.807, 2.05) is 0 Å². The molecule has 2 heterocycles. The molecular formula is C13H17BN2O7S. The van der Waals surface area contributed by atoms with Gasteiger partial charge in [0.05, 0.1) is 36.6 Å². The van der Waals surface area contributed by atoms with Crippen LogP contribution in [0.15, 0.2) is 22.7 Å². The zero-order valence-electron chi connectivity index (χ0n) is 12.9. The molecule has 3 N–H and O–H groups in total. The van der Waals surface area contributed by atoms with Gasteiger partial charge in [0.1, 0.15) is 7.11 Å². The second kappa shape index (κ2) is 8.78. The van der Waals surface area contributed by atoms with E-state index in [1.54, 1.807) is 17.5 Å². The summed E-state index contributed by atoms with van der Waals surface area (Å²) in [6.07, 6.45) is -1.09. The fourth-order valence-corrected chi connectivity index (χ4v) is 2.80. The van der Waals surface area contributed by atoms with Gasteiger partial charge in [-0.25, -0.2) is 0 Å². The largest absolute Gasteiger partial charge is 0.481 e. The number of amides is 1. The van der Waals surface area contributed by atoms with Gasteiger partial charge in [-0.2, -0.15) is 0 Å². The molecule has 0 saturated carbocycles. The summed E-state index contributed by atoms with van der Waals surface area (Å²) in [4.78, 5) is 28.4. The number of carbonyl (C=O) groups excluding carboxylic acids is 1. The molecule has 1 saturated heterocycles. The first-order valence-electron chi connectivity index (χ1n) is 7.10. The summed E-state index contributed by atoms with van der Waals surface area (Å²) in [6.45, 7) is -0.00655. The second-order valence-corrected chi connectivity index (χ2v) is 5.91. The topological polar surface area (TPSA) is 127 Å². The van der Waals surface area contributed by atoms with E-state index in [0.29, 0.717) is 4.88 Å². The number of aliphatic carboxylic acids is 1. The molecule has 1 aliphatic heterocycles. The third-order valence-electron chi connectivity index (χ3n) is 3.15. The van der Waals surface area contributed by atoms with E-state index in [4.69, 9.17) is 19.3 Å². The number of rotatable bonds is 6. The molecule has 9 nitrogen and oxygen atoms in total. The van der Waals surface area contributed by atoms with E-state index < -0.39 is 31.0 Å². The zero-order chi connectivity index (χ0) is 17.5. The van der Waals surface area contributed by atoms with Gasteiger partial charge in [0.25, 0.3) is 5.91 Å². The van der Waals surface area contributed by atoms with Crippen molar-refractivity contribution in [1.29, 1.82) is 0 Å². The number of hydrogen-bond donors (Lipinski definition) is 3. The molecule has 130 valence electrons. The van der Waals surface area contributed by atoms with Crippen molar-refractivity contribution in [3.8, 4) is 0 Å². The lowest BCUT2D eigenvalue weighted by molar-refractivity contribution is -0.139. The van der Waals surface area contributed by atoms with Gasteiger partial charge < -0.3 is 29.7 Å². The van der Waals surface area contributed by atoms with Gasteiger partial charge in [-0.1, -0.05) is 11.2 Å². The minimum Gasteiger partial charge on any atom is -0.481 e. The van der Waals surface area contributed by atoms with Gasteiger partial charge in [0.2, 0.25) is 0 Å². The summed E-state index contributed by atoms with van der Waals surface area (Å²) in [6, 6.07) is 3.48. The Morgan fingerprint density at radius 2 is 2.33 bits per heavy atom. The predicted molar refractivity (Wildman–Crippen MR) is 85.7 cm³/mol. The Hall–Kier alpha value is -1.95. The molecular weight excluding hydrogens is 339 g/mol. The Morgan fingerprint density at radius 1 is 1.54 bits per heavy atom. The molecule has 1 fully saturated rings. The van der Waals surface area contributed by atoms with Crippen molar-refractivity contribution in [3.05, 3.63) is 22.4 Å². The minimum absolute atomic E-state index is 0.0136. The van der Waals surface area contributed by atoms with Crippen molar-refractivity contribution in [3.63, 3.8) is 0 Å². The van der Waals surface area contributed by atoms with Crippen molar-refractivity contribution in [2.24, 2.45) is 5.16 Å². The van der Waals surface area contributed by atoms with E-state index in [1.165, 1.54) is 18.4 Å². The summed E-state index contributed by atoms with van der Waals surface area (Å²) in [7, 11) is -0.0719. The Labute approximate surface area is 142 Å². The minimum atomic E-state index is -1.40. The summed E-state index contributed by atoms with van der Waals surface area (Å²) in [5.41, 5.74) is 0.0611. The van der Waals surface area contributed by atoms with Crippen LogP contribution in [0.25, 0.3) is 0 Å². The molecule has 0 aliphatic carbocycles. The number of hydrogen-bond acceptors (Lipinski definition) is 8. The highest BCUT2D eigenvalue weighted by Gasteiger charge is 2.36. The van der Waals surface area contributed by atoms with E-state index in [-0.39, 0.29) is 25.3 Å². The van der Waals surface area contributed by atoms with Crippen LogP contribution in [0.5, 0.6) is 0 Å². The van der Waals surface area contributed by atoms with Crippen LogP contribution < -0.4 is 5.32 Å². The lowest BCUT2D eigenvalue weighted by Gasteiger charge is -2.18. The number of ether oxygens (including phenoxy) is 1. The van der Waals surface area contributed by atoms with E-state index in [2.05, 4.69) is 10.5 Å². The van der Waals surface area contributed by atoms with Gasteiger partial charge >= 0.3 is 13.1 Å². The van der Waals surface area contributed by atoms with Crippen molar-refractivity contribution >= 4 is 36.0 Å². The molecule has 0 unspecified atom stereocenters.